The summed E-state index contributed by atoms with van der Waals surface area (Å²) in [6.07, 6.45) is 4.95. The molecule has 25 heavy (non-hydrogen) atoms. The van der Waals surface area contributed by atoms with Crippen LogP contribution in [0.2, 0.25) is 0 Å². The molecule has 2 atom stereocenters. The van der Waals surface area contributed by atoms with E-state index in [-0.39, 0.29) is 0 Å². The summed E-state index contributed by atoms with van der Waals surface area (Å²) in [4.78, 5) is 6.70. The number of benzene rings is 1. The topological polar surface area (TPSA) is 48.9 Å². The third kappa shape index (κ3) is 7.45. The third-order valence-electron chi connectivity index (χ3n) is 4.89. The Labute approximate surface area is 152 Å². The zero-order valence-corrected chi connectivity index (χ0v) is 16.0. The Bertz CT molecular complexity index is 500. The van der Waals surface area contributed by atoms with Crippen molar-refractivity contribution in [2.45, 2.75) is 51.3 Å². The molecule has 1 aliphatic heterocycles. The molecule has 0 amide bonds. The minimum absolute atomic E-state index is 0.428. The van der Waals surface area contributed by atoms with Crippen molar-refractivity contribution in [3.05, 3.63) is 35.9 Å². The first-order valence-electron chi connectivity index (χ1n) is 9.49. The van der Waals surface area contributed by atoms with E-state index in [0.717, 1.165) is 45.0 Å². The van der Waals surface area contributed by atoms with E-state index in [0.29, 0.717) is 12.1 Å². The van der Waals surface area contributed by atoms with Crippen molar-refractivity contribution in [3.8, 4) is 0 Å². The number of nitrogens with zero attached hydrogens (tertiary/aromatic N) is 2. The number of hydrogen-bond acceptors (Lipinski definition) is 3. The van der Waals surface area contributed by atoms with Gasteiger partial charge in [0.25, 0.3) is 0 Å². The maximum absolute atomic E-state index is 5.65. The summed E-state index contributed by atoms with van der Waals surface area (Å²) < 4.78 is 5.65. The molecule has 2 rings (SSSR count). The summed E-state index contributed by atoms with van der Waals surface area (Å²) in [5.41, 5.74) is 1.36. The van der Waals surface area contributed by atoms with E-state index in [9.17, 15) is 0 Å². The molecule has 5 heteroatoms. The SMILES string of the molecule is CN=C(NCCC1CCCO1)NCCC(C)N(C)Cc1ccccc1. The van der Waals surface area contributed by atoms with E-state index in [1.54, 1.807) is 0 Å². The van der Waals surface area contributed by atoms with Gasteiger partial charge in [0.2, 0.25) is 0 Å². The molecule has 1 heterocycles. The van der Waals surface area contributed by atoms with Crippen LogP contribution in [0, 0.1) is 0 Å². The highest BCUT2D eigenvalue weighted by Gasteiger charge is 2.15. The summed E-state index contributed by atoms with van der Waals surface area (Å²) in [6.45, 7) is 6.01. The van der Waals surface area contributed by atoms with Crippen LogP contribution in [0.3, 0.4) is 0 Å². The molecule has 0 aromatic heterocycles. The Balaban J connectivity index is 1.60. The van der Waals surface area contributed by atoms with E-state index < -0.39 is 0 Å². The predicted octanol–water partition coefficient (Wildman–Crippen LogP) is 2.63. The molecule has 1 saturated heterocycles. The standard InChI is InChI=1S/C20H34N4O/c1-17(24(3)16-18-8-5-4-6-9-18)11-13-22-20(21-2)23-14-12-19-10-7-15-25-19/h4-6,8-9,17,19H,7,10-16H2,1-3H3,(H2,21,22,23). The molecule has 1 aliphatic rings. The van der Waals surface area contributed by atoms with Gasteiger partial charge >= 0.3 is 0 Å². The summed E-state index contributed by atoms with van der Waals surface area (Å²) in [5.74, 6) is 0.885. The molecule has 0 saturated carbocycles. The Hall–Kier alpha value is -1.59. The fourth-order valence-corrected chi connectivity index (χ4v) is 3.09. The zero-order valence-electron chi connectivity index (χ0n) is 16.0. The normalized spacial score (nSPS) is 19.2. The summed E-state index contributed by atoms with van der Waals surface area (Å²) in [6, 6.07) is 11.1. The molecule has 1 aromatic carbocycles. The summed E-state index contributed by atoms with van der Waals surface area (Å²) >= 11 is 0. The monoisotopic (exact) mass is 346 g/mol. The van der Waals surface area contributed by atoms with Crippen molar-refractivity contribution in [2.24, 2.45) is 4.99 Å². The predicted molar refractivity (Wildman–Crippen MR) is 105 cm³/mol. The molecular weight excluding hydrogens is 312 g/mol. The van der Waals surface area contributed by atoms with Gasteiger partial charge in [-0.25, -0.2) is 0 Å². The second-order valence-corrected chi connectivity index (χ2v) is 6.89. The first kappa shape index (κ1) is 19.7. The number of nitrogens with one attached hydrogen (secondary N) is 2. The summed E-state index contributed by atoms with van der Waals surface area (Å²) in [5, 5.41) is 6.80. The van der Waals surface area contributed by atoms with Crippen LogP contribution < -0.4 is 10.6 Å². The quantitative estimate of drug-likeness (QED) is 0.533. The van der Waals surface area contributed by atoms with Gasteiger partial charge in [0.15, 0.2) is 5.96 Å². The van der Waals surface area contributed by atoms with Gasteiger partial charge in [0, 0.05) is 39.3 Å². The minimum Gasteiger partial charge on any atom is -0.378 e. The molecule has 1 fully saturated rings. The number of ether oxygens (including phenoxy) is 1. The average Bonchev–Trinajstić information content (AvgIpc) is 3.14. The number of hydrogen-bond donors (Lipinski definition) is 2. The van der Waals surface area contributed by atoms with Gasteiger partial charge in [-0.3, -0.25) is 9.89 Å². The van der Waals surface area contributed by atoms with Crippen LogP contribution in [0.25, 0.3) is 0 Å². The molecule has 2 N–H and O–H groups in total. The van der Waals surface area contributed by atoms with Gasteiger partial charge in [-0.05, 0) is 45.2 Å². The van der Waals surface area contributed by atoms with Crippen LogP contribution in [0.1, 0.15) is 38.2 Å². The molecular formula is C20H34N4O. The van der Waals surface area contributed by atoms with Gasteiger partial charge in [-0.15, -0.1) is 0 Å². The number of rotatable bonds is 9. The lowest BCUT2D eigenvalue weighted by molar-refractivity contribution is 0.105. The minimum atomic E-state index is 0.428. The van der Waals surface area contributed by atoms with E-state index >= 15 is 0 Å². The first-order chi connectivity index (χ1) is 12.2. The largest absolute Gasteiger partial charge is 0.378 e. The third-order valence-corrected chi connectivity index (χ3v) is 4.89. The van der Waals surface area contributed by atoms with Gasteiger partial charge in [0.05, 0.1) is 6.10 Å². The number of aliphatic imine (C=N–C) groups is 1. The van der Waals surface area contributed by atoms with Gasteiger partial charge in [-0.2, -0.15) is 0 Å². The van der Waals surface area contributed by atoms with Crippen LogP contribution in [-0.2, 0) is 11.3 Å². The molecule has 140 valence electrons. The Morgan fingerprint density at radius 2 is 2.04 bits per heavy atom. The van der Waals surface area contributed by atoms with Crippen molar-refractivity contribution in [1.82, 2.24) is 15.5 Å². The average molecular weight is 347 g/mol. The lowest BCUT2D eigenvalue weighted by Gasteiger charge is -2.25. The van der Waals surface area contributed by atoms with Crippen LogP contribution in [0.4, 0.5) is 0 Å². The van der Waals surface area contributed by atoms with Crippen molar-refractivity contribution < 1.29 is 4.74 Å². The summed E-state index contributed by atoms with van der Waals surface area (Å²) in [7, 11) is 4.01. The molecule has 0 aliphatic carbocycles. The second kappa shape index (κ2) is 11.1. The fourth-order valence-electron chi connectivity index (χ4n) is 3.09. The molecule has 5 nitrogen and oxygen atoms in total. The maximum Gasteiger partial charge on any atom is 0.190 e. The Morgan fingerprint density at radius 3 is 2.72 bits per heavy atom. The highest BCUT2D eigenvalue weighted by atomic mass is 16.5. The van der Waals surface area contributed by atoms with Crippen LogP contribution >= 0.6 is 0 Å². The lowest BCUT2D eigenvalue weighted by Crippen LogP contribution is -2.40. The van der Waals surface area contributed by atoms with Crippen LogP contribution in [0.15, 0.2) is 35.3 Å². The van der Waals surface area contributed by atoms with Crippen molar-refractivity contribution in [1.29, 1.82) is 0 Å². The first-order valence-corrected chi connectivity index (χ1v) is 9.49. The van der Waals surface area contributed by atoms with E-state index in [2.05, 4.69) is 64.8 Å². The molecule has 0 spiro atoms. The van der Waals surface area contributed by atoms with E-state index in [4.69, 9.17) is 4.74 Å². The molecule has 2 unspecified atom stereocenters. The smallest absolute Gasteiger partial charge is 0.190 e. The van der Waals surface area contributed by atoms with Crippen molar-refractivity contribution in [2.75, 3.05) is 33.8 Å². The molecule has 1 aromatic rings. The number of guanidine groups is 1. The van der Waals surface area contributed by atoms with Crippen LogP contribution in [-0.4, -0.2) is 56.8 Å². The zero-order chi connectivity index (χ0) is 17.9. The van der Waals surface area contributed by atoms with E-state index in [1.165, 1.54) is 18.4 Å². The second-order valence-electron chi connectivity index (χ2n) is 6.89. The lowest BCUT2D eigenvalue weighted by atomic mass is 10.1. The highest BCUT2D eigenvalue weighted by Crippen LogP contribution is 2.14. The van der Waals surface area contributed by atoms with Gasteiger partial charge < -0.3 is 15.4 Å². The maximum atomic E-state index is 5.65. The van der Waals surface area contributed by atoms with Gasteiger partial charge in [-0.1, -0.05) is 30.3 Å². The van der Waals surface area contributed by atoms with Gasteiger partial charge in [0.1, 0.15) is 0 Å². The highest BCUT2D eigenvalue weighted by molar-refractivity contribution is 5.79. The molecule has 0 radical (unpaired) electrons. The van der Waals surface area contributed by atoms with Crippen molar-refractivity contribution >= 4 is 5.96 Å². The van der Waals surface area contributed by atoms with Crippen LogP contribution in [0.5, 0.6) is 0 Å². The molecule has 0 bridgehead atoms. The van der Waals surface area contributed by atoms with Crippen molar-refractivity contribution in [3.63, 3.8) is 0 Å². The van der Waals surface area contributed by atoms with E-state index in [1.807, 2.05) is 7.05 Å². The fraction of sp³-hybridized carbons (Fsp3) is 0.650. The Morgan fingerprint density at radius 1 is 1.28 bits per heavy atom. The Kier molecular flexibility index (Phi) is 8.77.